The van der Waals surface area contributed by atoms with Gasteiger partial charge in [-0.1, -0.05) is 6.92 Å². The number of likely N-dealkylation sites (tertiary alicyclic amines) is 1. The second kappa shape index (κ2) is 2.40. The lowest BCUT2D eigenvalue weighted by Crippen LogP contribution is -2.25. The fraction of sp³-hybridized carbons (Fsp3) is 0.714. The highest BCUT2D eigenvalue weighted by molar-refractivity contribution is 6.03. The number of imide groups is 1. The van der Waals surface area contributed by atoms with Crippen molar-refractivity contribution in [2.75, 3.05) is 7.05 Å². The lowest BCUT2D eigenvalue weighted by atomic mass is 10.1. The van der Waals surface area contributed by atoms with Crippen LogP contribution in [0.5, 0.6) is 0 Å². The van der Waals surface area contributed by atoms with E-state index in [0.717, 1.165) is 6.42 Å². The molecular weight excluding hydrogens is 130 g/mol. The molecule has 0 spiro atoms. The molecule has 1 fully saturated rings. The lowest BCUT2D eigenvalue weighted by Gasteiger charge is -2.05. The van der Waals surface area contributed by atoms with Gasteiger partial charge in [-0.05, 0) is 6.42 Å². The third-order valence-corrected chi connectivity index (χ3v) is 1.97. The molecule has 0 unspecified atom stereocenters. The van der Waals surface area contributed by atoms with Gasteiger partial charge in [-0.15, -0.1) is 0 Å². The van der Waals surface area contributed by atoms with Crippen molar-refractivity contribution in [2.24, 2.45) is 5.92 Å². The largest absolute Gasteiger partial charge is 0.285 e. The van der Waals surface area contributed by atoms with Crippen molar-refractivity contribution in [1.29, 1.82) is 0 Å². The average molecular weight is 141 g/mol. The van der Waals surface area contributed by atoms with Crippen LogP contribution in [0.1, 0.15) is 19.8 Å². The molecular formula is C7H11NO2. The minimum absolute atomic E-state index is 0.0208. The van der Waals surface area contributed by atoms with Crippen molar-refractivity contribution in [1.82, 2.24) is 4.90 Å². The molecule has 1 heterocycles. The van der Waals surface area contributed by atoms with Crippen molar-refractivity contribution in [2.45, 2.75) is 19.8 Å². The van der Waals surface area contributed by atoms with E-state index in [1.54, 1.807) is 7.05 Å². The second-order valence-electron chi connectivity index (χ2n) is 2.60. The van der Waals surface area contributed by atoms with E-state index in [1.165, 1.54) is 4.90 Å². The van der Waals surface area contributed by atoms with Crippen LogP contribution in [0, 0.1) is 5.92 Å². The number of hydrogen-bond donors (Lipinski definition) is 0. The van der Waals surface area contributed by atoms with E-state index in [1.807, 2.05) is 6.92 Å². The molecule has 1 aliphatic rings. The van der Waals surface area contributed by atoms with Crippen molar-refractivity contribution in [3.05, 3.63) is 0 Å². The van der Waals surface area contributed by atoms with E-state index in [4.69, 9.17) is 0 Å². The number of carbonyl (C=O) groups is 2. The van der Waals surface area contributed by atoms with Crippen LogP contribution in [-0.2, 0) is 9.59 Å². The Bertz CT molecular complexity index is 176. The Hall–Kier alpha value is -0.860. The summed E-state index contributed by atoms with van der Waals surface area (Å²) in [5.74, 6) is -0.109. The van der Waals surface area contributed by atoms with Crippen LogP contribution in [0.15, 0.2) is 0 Å². The average Bonchev–Trinajstić information content (AvgIpc) is 2.17. The summed E-state index contributed by atoms with van der Waals surface area (Å²) in [4.78, 5) is 23.1. The number of amides is 2. The fourth-order valence-corrected chi connectivity index (χ4v) is 1.15. The molecule has 2 amide bonds. The molecule has 0 aliphatic carbocycles. The quantitative estimate of drug-likeness (QED) is 0.496. The zero-order valence-electron chi connectivity index (χ0n) is 6.26. The van der Waals surface area contributed by atoms with Crippen LogP contribution in [-0.4, -0.2) is 23.8 Å². The Morgan fingerprint density at radius 1 is 1.60 bits per heavy atom. The lowest BCUT2D eigenvalue weighted by molar-refractivity contribution is -0.137. The van der Waals surface area contributed by atoms with E-state index in [0.29, 0.717) is 6.42 Å². The standard InChI is InChI=1S/C7H11NO2/c1-3-5-4-6(9)8(2)7(5)10/h5H,3-4H2,1-2H3/t5-/m1/s1. The first-order chi connectivity index (χ1) is 4.66. The molecule has 0 N–H and O–H groups in total. The van der Waals surface area contributed by atoms with Crippen LogP contribution >= 0.6 is 0 Å². The van der Waals surface area contributed by atoms with E-state index in [9.17, 15) is 9.59 Å². The van der Waals surface area contributed by atoms with Crippen LogP contribution < -0.4 is 0 Å². The normalized spacial score (nSPS) is 26.2. The van der Waals surface area contributed by atoms with Gasteiger partial charge in [-0.25, -0.2) is 0 Å². The summed E-state index contributed by atoms with van der Waals surface area (Å²) >= 11 is 0. The molecule has 56 valence electrons. The topological polar surface area (TPSA) is 37.4 Å². The molecule has 1 aliphatic heterocycles. The van der Waals surface area contributed by atoms with Gasteiger partial charge in [0.05, 0.1) is 0 Å². The summed E-state index contributed by atoms with van der Waals surface area (Å²) in [6, 6.07) is 0. The number of carbonyl (C=O) groups excluding carboxylic acids is 2. The van der Waals surface area contributed by atoms with Gasteiger partial charge in [0.2, 0.25) is 11.8 Å². The monoisotopic (exact) mass is 141 g/mol. The maximum Gasteiger partial charge on any atom is 0.232 e. The summed E-state index contributed by atoms with van der Waals surface area (Å²) in [5.41, 5.74) is 0. The first-order valence-electron chi connectivity index (χ1n) is 3.47. The summed E-state index contributed by atoms with van der Waals surface area (Å²) < 4.78 is 0. The van der Waals surface area contributed by atoms with E-state index in [2.05, 4.69) is 0 Å². The maximum absolute atomic E-state index is 11.1. The third-order valence-electron chi connectivity index (χ3n) is 1.97. The van der Waals surface area contributed by atoms with Gasteiger partial charge in [0, 0.05) is 19.4 Å². The minimum atomic E-state index is -0.0446. The molecule has 3 nitrogen and oxygen atoms in total. The Morgan fingerprint density at radius 3 is 2.40 bits per heavy atom. The molecule has 0 aromatic heterocycles. The van der Waals surface area contributed by atoms with Crippen LogP contribution in [0.3, 0.4) is 0 Å². The summed E-state index contributed by atoms with van der Waals surface area (Å²) in [7, 11) is 1.54. The third kappa shape index (κ3) is 0.916. The van der Waals surface area contributed by atoms with Crippen LogP contribution in [0.25, 0.3) is 0 Å². The van der Waals surface area contributed by atoms with Crippen LogP contribution in [0.4, 0.5) is 0 Å². The van der Waals surface area contributed by atoms with Gasteiger partial charge in [0.1, 0.15) is 0 Å². The highest BCUT2D eigenvalue weighted by Crippen LogP contribution is 2.19. The Balaban J connectivity index is 2.71. The summed E-state index contributed by atoms with van der Waals surface area (Å²) in [6.07, 6.45) is 1.18. The van der Waals surface area contributed by atoms with Gasteiger partial charge in [0.15, 0.2) is 0 Å². The van der Waals surface area contributed by atoms with E-state index < -0.39 is 0 Å². The van der Waals surface area contributed by atoms with Crippen molar-refractivity contribution >= 4 is 11.8 Å². The van der Waals surface area contributed by atoms with Gasteiger partial charge in [-0.3, -0.25) is 14.5 Å². The predicted molar refractivity (Wildman–Crippen MR) is 36.2 cm³/mol. The first-order valence-corrected chi connectivity index (χ1v) is 3.47. The van der Waals surface area contributed by atoms with E-state index >= 15 is 0 Å². The highest BCUT2D eigenvalue weighted by Gasteiger charge is 2.34. The van der Waals surface area contributed by atoms with Gasteiger partial charge >= 0.3 is 0 Å². The highest BCUT2D eigenvalue weighted by atomic mass is 16.2. The molecule has 0 bridgehead atoms. The SMILES string of the molecule is CC[C@@H]1CC(=O)N(C)C1=O. The smallest absolute Gasteiger partial charge is 0.232 e. The van der Waals surface area contributed by atoms with Gasteiger partial charge in [0.25, 0.3) is 0 Å². The molecule has 0 aromatic rings. The number of hydrogen-bond acceptors (Lipinski definition) is 2. The van der Waals surface area contributed by atoms with Crippen molar-refractivity contribution in [3.8, 4) is 0 Å². The molecule has 1 atom stereocenters. The summed E-state index contributed by atoms with van der Waals surface area (Å²) in [6.45, 7) is 1.93. The number of rotatable bonds is 1. The Labute approximate surface area is 60.0 Å². The molecule has 1 rings (SSSR count). The Kier molecular flexibility index (Phi) is 1.74. The molecule has 10 heavy (non-hydrogen) atoms. The van der Waals surface area contributed by atoms with Crippen LogP contribution in [0.2, 0.25) is 0 Å². The molecule has 3 heteroatoms. The fourth-order valence-electron chi connectivity index (χ4n) is 1.15. The van der Waals surface area contributed by atoms with Crippen molar-refractivity contribution < 1.29 is 9.59 Å². The molecule has 0 aromatic carbocycles. The zero-order valence-corrected chi connectivity index (χ0v) is 6.26. The first kappa shape index (κ1) is 7.25. The van der Waals surface area contributed by atoms with E-state index in [-0.39, 0.29) is 17.7 Å². The summed E-state index contributed by atoms with van der Waals surface area (Å²) in [5, 5.41) is 0. The minimum Gasteiger partial charge on any atom is -0.285 e. The van der Waals surface area contributed by atoms with Gasteiger partial charge in [-0.2, -0.15) is 0 Å². The molecule has 0 radical (unpaired) electrons. The Morgan fingerprint density at radius 2 is 2.20 bits per heavy atom. The van der Waals surface area contributed by atoms with Gasteiger partial charge < -0.3 is 0 Å². The zero-order chi connectivity index (χ0) is 7.72. The number of nitrogens with zero attached hydrogens (tertiary/aromatic N) is 1. The molecule has 1 saturated heterocycles. The predicted octanol–water partition coefficient (Wildman–Crippen LogP) is 0.401. The second-order valence-corrected chi connectivity index (χ2v) is 2.60. The molecule has 0 saturated carbocycles. The van der Waals surface area contributed by atoms with Crippen molar-refractivity contribution in [3.63, 3.8) is 0 Å². The maximum atomic E-state index is 11.1.